The summed E-state index contributed by atoms with van der Waals surface area (Å²) in [5.74, 6) is 1.60. The number of amides is 1. The minimum absolute atomic E-state index is 0.233. The molecule has 0 bridgehead atoms. The van der Waals surface area contributed by atoms with E-state index >= 15 is 0 Å². The standard InChI is InChI=1S/C14H16N2O4/c1-9-4-11(16-20-9)8-15-14(17)10-5-12(18-2)7-13(6-10)19-3/h4-7H,8H2,1-3H3,(H,15,17). The fourth-order valence-electron chi connectivity index (χ4n) is 1.71. The van der Waals surface area contributed by atoms with Crippen LogP contribution in [0.25, 0.3) is 0 Å². The summed E-state index contributed by atoms with van der Waals surface area (Å²) in [6, 6.07) is 6.77. The first-order chi connectivity index (χ1) is 9.62. The summed E-state index contributed by atoms with van der Waals surface area (Å²) in [6.07, 6.45) is 0. The highest BCUT2D eigenvalue weighted by Gasteiger charge is 2.10. The van der Waals surface area contributed by atoms with Crippen LogP contribution in [0.3, 0.4) is 0 Å². The predicted octanol–water partition coefficient (Wildman–Crippen LogP) is 1.93. The zero-order chi connectivity index (χ0) is 14.5. The molecule has 0 unspecified atom stereocenters. The number of nitrogens with one attached hydrogen (secondary N) is 1. The van der Waals surface area contributed by atoms with E-state index in [-0.39, 0.29) is 5.91 Å². The molecule has 1 aromatic heterocycles. The minimum atomic E-state index is -0.233. The third-order valence-electron chi connectivity index (χ3n) is 2.72. The van der Waals surface area contributed by atoms with Gasteiger partial charge in [-0.05, 0) is 19.1 Å². The van der Waals surface area contributed by atoms with E-state index in [4.69, 9.17) is 14.0 Å². The van der Waals surface area contributed by atoms with Gasteiger partial charge in [0.15, 0.2) is 0 Å². The molecule has 0 aliphatic rings. The molecule has 0 saturated carbocycles. The van der Waals surface area contributed by atoms with Crippen LogP contribution in [0.4, 0.5) is 0 Å². The normalized spacial score (nSPS) is 10.2. The molecule has 0 radical (unpaired) electrons. The molecular weight excluding hydrogens is 260 g/mol. The van der Waals surface area contributed by atoms with Crippen LogP contribution in [-0.2, 0) is 6.54 Å². The number of ether oxygens (including phenoxy) is 2. The van der Waals surface area contributed by atoms with Crippen molar-refractivity contribution in [3.63, 3.8) is 0 Å². The molecule has 1 N–H and O–H groups in total. The molecule has 106 valence electrons. The van der Waals surface area contributed by atoms with Crippen molar-refractivity contribution in [2.24, 2.45) is 0 Å². The summed E-state index contributed by atoms with van der Waals surface area (Å²) in [6.45, 7) is 2.10. The Bertz CT molecular complexity index is 585. The highest BCUT2D eigenvalue weighted by atomic mass is 16.5. The van der Waals surface area contributed by atoms with Gasteiger partial charge in [-0.1, -0.05) is 5.16 Å². The van der Waals surface area contributed by atoms with Gasteiger partial charge in [0.05, 0.1) is 20.8 Å². The lowest BCUT2D eigenvalue weighted by Crippen LogP contribution is -2.23. The van der Waals surface area contributed by atoms with E-state index in [1.54, 1.807) is 31.2 Å². The number of hydrogen-bond acceptors (Lipinski definition) is 5. The van der Waals surface area contributed by atoms with E-state index in [2.05, 4.69) is 10.5 Å². The molecule has 2 rings (SSSR count). The van der Waals surface area contributed by atoms with E-state index in [1.165, 1.54) is 14.2 Å². The molecule has 0 fully saturated rings. The molecule has 2 aromatic rings. The Kier molecular flexibility index (Phi) is 4.24. The number of hydrogen-bond donors (Lipinski definition) is 1. The van der Waals surface area contributed by atoms with Gasteiger partial charge >= 0.3 is 0 Å². The average molecular weight is 276 g/mol. The number of benzene rings is 1. The van der Waals surface area contributed by atoms with Crippen LogP contribution >= 0.6 is 0 Å². The number of rotatable bonds is 5. The SMILES string of the molecule is COc1cc(OC)cc(C(=O)NCc2cc(C)on2)c1. The Balaban J connectivity index is 2.08. The molecule has 0 saturated heterocycles. The third kappa shape index (κ3) is 3.28. The fourth-order valence-corrected chi connectivity index (χ4v) is 1.71. The van der Waals surface area contributed by atoms with Crippen LogP contribution in [0.15, 0.2) is 28.8 Å². The maximum atomic E-state index is 12.1. The Morgan fingerprint density at radius 3 is 2.35 bits per heavy atom. The smallest absolute Gasteiger partial charge is 0.251 e. The Morgan fingerprint density at radius 2 is 1.85 bits per heavy atom. The second-order valence-electron chi connectivity index (χ2n) is 4.21. The number of methoxy groups -OCH3 is 2. The fraction of sp³-hybridized carbons (Fsp3) is 0.286. The summed E-state index contributed by atoms with van der Waals surface area (Å²) in [5, 5.41) is 6.57. The Labute approximate surface area is 116 Å². The molecule has 0 spiro atoms. The highest BCUT2D eigenvalue weighted by molar-refractivity contribution is 5.95. The monoisotopic (exact) mass is 276 g/mol. The molecule has 1 amide bonds. The second kappa shape index (κ2) is 6.10. The third-order valence-corrected chi connectivity index (χ3v) is 2.72. The maximum Gasteiger partial charge on any atom is 0.251 e. The Morgan fingerprint density at radius 1 is 1.20 bits per heavy atom. The summed E-state index contributed by atoms with van der Waals surface area (Å²) in [5.41, 5.74) is 1.13. The van der Waals surface area contributed by atoms with Gasteiger partial charge in [0.25, 0.3) is 5.91 Å². The predicted molar refractivity (Wildman–Crippen MR) is 72.0 cm³/mol. The van der Waals surface area contributed by atoms with Gasteiger partial charge in [-0.2, -0.15) is 0 Å². The Hall–Kier alpha value is -2.50. The number of nitrogens with zero attached hydrogens (tertiary/aromatic N) is 1. The largest absolute Gasteiger partial charge is 0.497 e. The van der Waals surface area contributed by atoms with Crippen molar-refractivity contribution >= 4 is 5.91 Å². The van der Waals surface area contributed by atoms with E-state index in [1.807, 2.05) is 0 Å². The zero-order valence-electron chi connectivity index (χ0n) is 11.6. The topological polar surface area (TPSA) is 73.6 Å². The van der Waals surface area contributed by atoms with Gasteiger partial charge in [0.2, 0.25) is 0 Å². The van der Waals surface area contributed by atoms with Crippen LogP contribution in [0.1, 0.15) is 21.8 Å². The van der Waals surface area contributed by atoms with Gasteiger partial charge in [-0.15, -0.1) is 0 Å². The molecule has 1 heterocycles. The second-order valence-corrected chi connectivity index (χ2v) is 4.21. The van der Waals surface area contributed by atoms with Crippen molar-refractivity contribution in [3.8, 4) is 11.5 Å². The summed E-state index contributed by atoms with van der Waals surface area (Å²) in [4.78, 5) is 12.1. The molecule has 6 heteroatoms. The van der Waals surface area contributed by atoms with Gasteiger partial charge in [-0.3, -0.25) is 4.79 Å². The van der Waals surface area contributed by atoms with Crippen molar-refractivity contribution < 1.29 is 18.8 Å². The quantitative estimate of drug-likeness (QED) is 0.903. The van der Waals surface area contributed by atoms with Crippen molar-refractivity contribution in [2.45, 2.75) is 13.5 Å². The number of aryl methyl sites for hydroxylation is 1. The first kappa shape index (κ1) is 13.9. The van der Waals surface area contributed by atoms with Crippen molar-refractivity contribution in [3.05, 3.63) is 41.3 Å². The van der Waals surface area contributed by atoms with Gasteiger partial charge in [0, 0.05) is 17.7 Å². The summed E-state index contributed by atoms with van der Waals surface area (Å²) in [7, 11) is 3.07. The molecule has 1 aromatic carbocycles. The highest BCUT2D eigenvalue weighted by Crippen LogP contribution is 2.22. The zero-order valence-corrected chi connectivity index (χ0v) is 11.6. The lowest BCUT2D eigenvalue weighted by Gasteiger charge is -2.08. The first-order valence-electron chi connectivity index (χ1n) is 6.06. The molecule has 0 atom stereocenters. The average Bonchev–Trinajstić information content (AvgIpc) is 2.89. The van der Waals surface area contributed by atoms with Crippen molar-refractivity contribution in [1.29, 1.82) is 0 Å². The van der Waals surface area contributed by atoms with E-state index < -0.39 is 0 Å². The van der Waals surface area contributed by atoms with Crippen LogP contribution in [0.5, 0.6) is 11.5 Å². The molecule has 20 heavy (non-hydrogen) atoms. The molecule has 6 nitrogen and oxygen atoms in total. The minimum Gasteiger partial charge on any atom is -0.497 e. The van der Waals surface area contributed by atoms with Crippen LogP contribution in [-0.4, -0.2) is 25.3 Å². The van der Waals surface area contributed by atoms with E-state index in [0.717, 1.165) is 0 Å². The maximum absolute atomic E-state index is 12.1. The molecule has 0 aliphatic heterocycles. The van der Waals surface area contributed by atoms with Crippen molar-refractivity contribution in [2.75, 3.05) is 14.2 Å². The summed E-state index contributed by atoms with van der Waals surface area (Å²) >= 11 is 0. The van der Waals surface area contributed by atoms with Gasteiger partial charge < -0.3 is 19.3 Å². The number of carbonyl (C=O) groups is 1. The van der Waals surface area contributed by atoms with Crippen LogP contribution in [0.2, 0.25) is 0 Å². The van der Waals surface area contributed by atoms with Crippen LogP contribution < -0.4 is 14.8 Å². The summed E-state index contributed by atoms with van der Waals surface area (Å²) < 4.78 is 15.2. The molecular formula is C14H16N2O4. The van der Waals surface area contributed by atoms with Gasteiger partial charge in [-0.25, -0.2) is 0 Å². The molecule has 0 aliphatic carbocycles. The lowest BCUT2D eigenvalue weighted by atomic mass is 10.2. The van der Waals surface area contributed by atoms with Gasteiger partial charge in [0.1, 0.15) is 23.0 Å². The first-order valence-corrected chi connectivity index (χ1v) is 6.06. The van der Waals surface area contributed by atoms with E-state index in [0.29, 0.717) is 35.1 Å². The van der Waals surface area contributed by atoms with Crippen LogP contribution in [0, 0.1) is 6.92 Å². The number of aromatic nitrogens is 1. The van der Waals surface area contributed by atoms with E-state index in [9.17, 15) is 4.79 Å². The van der Waals surface area contributed by atoms with Crippen molar-refractivity contribution in [1.82, 2.24) is 10.5 Å². The number of carbonyl (C=O) groups excluding carboxylic acids is 1. The lowest BCUT2D eigenvalue weighted by molar-refractivity contribution is 0.0949.